The minimum atomic E-state index is -0.663. The molecule has 0 unspecified atom stereocenters. The van der Waals surface area contributed by atoms with E-state index in [9.17, 15) is 4.79 Å². The maximum atomic E-state index is 10.4. The van der Waals surface area contributed by atoms with Crippen molar-refractivity contribution in [3.8, 4) is 0 Å². The van der Waals surface area contributed by atoms with E-state index in [1.54, 1.807) is 0 Å². The molecule has 0 atom stereocenters. The molecule has 0 saturated heterocycles. The Hall–Kier alpha value is -2.09. The number of aliphatic carboxylic acids is 1. The van der Waals surface area contributed by atoms with E-state index in [2.05, 4.69) is 79.8 Å². The van der Waals surface area contributed by atoms with Gasteiger partial charge in [0.25, 0.3) is 0 Å². The molecule has 0 spiro atoms. The summed E-state index contributed by atoms with van der Waals surface area (Å²) in [4.78, 5) is 10.4. The van der Waals surface area contributed by atoms with Crippen LogP contribution in [0, 0.1) is 0 Å². The molecule has 2 nitrogen and oxygen atoms in total. The first kappa shape index (κ1) is 31.9. The largest absolute Gasteiger partial charge is 0.481 e. The molecule has 0 saturated carbocycles. The maximum Gasteiger partial charge on any atom is 0.303 e. The van der Waals surface area contributed by atoms with Gasteiger partial charge in [-0.2, -0.15) is 0 Å². The van der Waals surface area contributed by atoms with Crippen LogP contribution in [0.15, 0.2) is 72.9 Å². The average Bonchev–Trinajstić information content (AvgIpc) is 2.83. The lowest BCUT2D eigenvalue weighted by Crippen LogP contribution is -1.93. The van der Waals surface area contributed by atoms with E-state index >= 15 is 0 Å². The first-order chi connectivity index (χ1) is 16.8. The average molecular weight is 469 g/mol. The van der Waals surface area contributed by atoms with Crippen molar-refractivity contribution >= 4 is 5.97 Å². The van der Waals surface area contributed by atoms with Crippen molar-refractivity contribution in [2.45, 2.75) is 122 Å². The second-order valence-corrected chi connectivity index (χ2v) is 8.88. The van der Waals surface area contributed by atoms with E-state index < -0.39 is 5.97 Å². The topological polar surface area (TPSA) is 37.3 Å². The Bertz CT molecular complexity index is 605. The van der Waals surface area contributed by atoms with Crippen molar-refractivity contribution in [3.05, 3.63) is 72.9 Å². The predicted octanol–water partition coefficient (Wildman–Crippen LogP) is 10.4. The fraction of sp³-hybridized carbons (Fsp3) is 0.594. The van der Waals surface area contributed by atoms with Gasteiger partial charge >= 0.3 is 5.97 Å². The molecular formula is C32H52O2. The summed E-state index contributed by atoms with van der Waals surface area (Å²) < 4.78 is 0. The molecule has 34 heavy (non-hydrogen) atoms. The summed E-state index contributed by atoms with van der Waals surface area (Å²) in [5.41, 5.74) is 0. The molecule has 0 aliphatic rings. The summed E-state index contributed by atoms with van der Waals surface area (Å²) >= 11 is 0. The van der Waals surface area contributed by atoms with E-state index in [-0.39, 0.29) is 0 Å². The van der Waals surface area contributed by atoms with Crippen LogP contribution in [-0.2, 0) is 4.79 Å². The lowest BCUT2D eigenvalue weighted by atomic mass is 10.1. The van der Waals surface area contributed by atoms with Crippen molar-refractivity contribution in [3.63, 3.8) is 0 Å². The summed E-state index contributed by atoms with van der Waals surface area (Å²) in [5.74, 6) is -0.663. The second-order valence-electron chi connectivity index (χ2n) is 8.88. The van der Waals surface area contributed by atoms with E-state index in [1.165, 1.54) is 57.8 Å². The van der Waals surface area contributed by atoms with Crippen LogP contribution in [0.1, 0.15) is 122 Å². The van der Waals surface area contributed by atoms with Gasteiger partial charge in [0.2, 0.25) is 0 Å². The van der Waals surface area contributed by atoms with Gasteiger partial charge in [-0.05, 0) is 57.8 Å². The molecule has 0 aromatic rings. The van der Waals surface area contributed by atoms with Gasteiger partial charge < -0.3 is 5.11 Å². The Morgan fingerprint density at radius 3 is 1.18 bits per heavy atom. The van der Waals surface area contributed by atoms with Crippen LogP contribution >= 0.6 is 0 Å². The van der Waals surface area contributed by atoms with Gasteiger partial charge in [-0.15, -0.1) is 0 Å². The van der Waals surface area contributed by atoms with E-state index in [4.69, 9.17) is 5.11 Å². The van der Waals surface area contributed by atoms with Gasteiger partial charge in [0.1, 0.15) is 0 Å². The first-order valence-electron chi connectivity index (χ1n) is 13.9. The summed E-state index contributed by atoms with van der Waals surface area (Å²) in [6, 6.07) is 0. The smallest absolute Gasteiger partial charge is 0.303 e. The lowest BCUT2D eigenvalue weighted by molar-refractivity contribution is -0.137. The maximum absolute atomic E-state index is 10.4. The molecule has 0 heterocycles. The Kier molecular flexibility index (Phi) is 27.2. The third kappa shape index (κ3) is 29.9. The third-order valence-corrected chi connectivity index (χ3v) is 5.61. The summed E-state index contributed by atoms with van der Waals surface area (Å²) in [7, 11) is 0. The summed E-state index contributed by atoms with van der Waals surface area (Å²) in [6.07, 6.45) is 47.1. The monoisotopic (exact) mass is 468 g/mol. The molecule has 0 aromatic heterocycles. The van der Waals surface area contributed by atoms with Crippen LogP contribution in [0.4, 0.5) is 0 Å². The van der Waals surface area contributed by atoms with Crippen LogP contribution in [0.2, 0.25) is 0 Å². The van der Waals surface area contributed by atoms with Gasteiger partial charge in [-0.25, -0.2) is 0 Å². The van der Waals surface area contributed by atoms with E-state index in [0.29, 0.717) is 6.42 Å². The first-order valence-corrected chi connectivity index (χ1v) is 13.9. The zero-order chi connectivity index (χ0) is 24.8. The van der Waals surface area contributed by atoms with Crippen LogP contribution in [0.25, 0.3) is 0 Å². The molecule has 0 radical (unpaired) electrons. The number of rotatable bonds is 24. The standard InChI is InChI=1S/C32H52O2/c1-2-3-4-5-6-7-8-9-10-11-12-13-14-15-16-17-18-19-20-21-22-23-24-25-26-27-28-29-30-31-32(33)34/h3-4,6-7,9-10,12-13,15-16,18-19H,2,5,8,11,14,17,20-31H2,1H3,(H,33,34). The molecule has 0 bridgehead atoms. The van der Waals surface area contributed by atoms with Crippen molar-refractivity contribution in [2.75, 3.05) is 0 Å². The number of hydrogen-bond acceptors (Lipinski definition) is 1. The van der Waals surface area contributed by atoms with Gasteiger partial charge in [-0.1, -0.05) is 131 Å². The molecule has 0 amide bonds. The number of allylic oxidation sites excluding steroid dienone is 12. The van der Waals surface area contributed by atoms with Crippen molar-refractivity contribution < 1.29 is 9.90 Å². The Morgan fingerprint density at radius 1 is 0.471 bits per heavy atom. The summed E-state index contributed by atoms with van der Waals surface area (Å²) in [5, 5.41) is 8.60. The van der Waals surface area contributed by atoms with E-state index in [1.807, 2.05) is 0 Å². The van der Waals surface area contributed by atoms with Gasteiger partial charge in [0, 0.05) is 6.42 Å². The minimum Gasteiger partial charge on any atom is -0.481 e. The minimum absolute atomic E-state index is 0.330. The summed E-state index contributed by atoms with van der Waals surface area (Å²) in [6.45, 7) is 2.16. The highest BCUT2D eigenvalue weighted by Gasteiger charge is 1.96. The lowest BCUT2D eigenvalue weighted by Gasteiger charge is -2.01. The fourth-order valence-electron chi connectivity index (χ4n) is 3.59. The van der Waals surface area contributed by atoms with Crippen molar-refractivity contribution in [1.82, 2.24) is 0 Å². The van der Waals surface area contributed by atoms with Gasteiger partial charge in [-0.3, -0.25) is 4.79 Å². The molecule has 0 rings (SSSR count). The highest BCUT2D eigenvalue weighted by Crippen LogP contribution is 2.12. The van der Waals surface area contributed by atoms with Crippen LogP contribution in [-0.4, -0.2) is 11.1 Å². The molecule has 0 aliphatic carbocycles. The number of unbranched alkanes of at least 4 members (excludes halogenated alkanes) is 10. The molecule has 2 heteroatoms. The molecule has 0 aromatic carbocycles. The highest BCUT2D eigenvalue weighted by molar-refractivity contribution is 5.66. The Labute approximate surface area is 211 Å². The Balaban J connectivity index is 3.36. The number of carboxylic acids is 1. The van der Waals surface area contributed by atoms with Gasteiger partial charge in [0.15, 0.2) is 0 Å². The predicted molar refractivity (Wildman–Crippen MR) is 151 cm³/mol. The van der Waals surface area contributed by atoms with Crippen LogP contribution < -0.4 is 0 Å². The quantitative estimate of drug-likeness (QED) is 0.113. The third-order valence-electron chi connectivity index (χ3n) is 5.61. The van der Waals surface area contributed by atoms with Crippen LogP contribution in [0.5, 0.6) is 0 Å². The number of carboxylic acid groups (broad SMARTS) is 1. The SMILES string of the molecule is CCC=CCC=CCC=CCC=CCC=CCC=CCCCCCCCCCCCCC(=O)O. The molecule has 0 aliphatic heterocycles. The zero-order valence-corrected chi connectivity index (χ0v) is 22.0. The van der Waals surface area contributed by atoms with Crippen molar-refractivity contribution in [1.29, 1.82) is 0 Å². The molecule has 192 valence electrons. The fourth-order valence-corrected chi connectivity index (χ4v) is 3.59. The zero-order valence-electron chi connectivity index (χ0n) is 22.0. The molecule has 1 N–H and O–H groups in total. The van der Waals surface area contributed by atoms with Gasteiger partial charge in [0.05, 0.1) is 0 Å². The number of carbonyl (C=O) groups is 1. The molecule has 0 fully saturated rings. The normalized spacial score (nSPS) is 12.7. The Morgan fingerprint density at radius 2 is 0.794 bits per heavy atom. The van der Waals surface area contributed by atoms with Crippen LogP contribution in [0.3, 0.4) is 0 Å². The van der Waals surface area contributed by atoms with Crippen molar-refractivity contribution in [2.24, 2.45) is 0 Å². The molecular weight excluding hydrogens is 416 g/mol. The number of hydrogen-bond donors (Lipinski definition) is 1. The van der Waals surface area contributed by atoms with E-state index in [0.717, 1.165) is 51.4 Å². The second kappa shape index (κ2) is 28.9. The highest BCUT2D eigenvalue weighted by atomic mass is 16.4.